The number of methoxy groups -OCH3 is 3. The van der Waals surface area contributed by atoms with Gasteiger partial charge < -0.3 is 44.1 Å². The first-order chi connectivity index (χ1) is 13.0. The lowest BCUT2D eigenvalue weighted by atomic mass is 9.99. The van der Waals surface area contributed by atoms with Crippen LogP contribution < -0.4 is 14.2 Å². The molecule has 0 amide bonds. The van der Waals surface area contributed by atoms with Crippen molar-refractivity contribution in [3.05, 3.63) is 23.8 Å². The van der Waals surface area contributed by atoms with Gasteiger partial charge in [-0.15, -0.1) is 0 Å². The fourth-order valence-corrected chi connectivity index (χ4v) is 2.67. The van der Waals surface area contributed by atoms with E-state index >= 15 is 0 Å². The van der Waals surface area contributed by atoms with Crippen molar-refractivity contribution >= 4 is 6.08 Å². The highest BCUT2D eigenvalue weighted by Gasteiger charge is 2.45. The molecule has 0 aromatic heterocycles. The van der Waals surface area contributed by atoms with Gasteiger partial charge >= 0.3 is 0 Å². The fraction of sp³-hybridized carbons (Fsp3) is 0.556. The minimum Gasteiger partial charge on any atom is -0.493 e. The van der Waals surface area contributed by atoms with Crippen LogP contribution in [0.4, 0.5) is 0 Å². The van der Waals surface area contributed by atoms with E-state index < -0.39 is 37.3 Å². The molecule has 0 saturated carbocycles. The molecule has 1 heterocycles. The monoisotopic (exact) mass is 386 g/mol. The molecule has 1 aromatic rings. The lowest BCUT2D eigenvalue weighted by Gasteiger charge is -2.39. The van der Waals surface area contributed by atoms with Gasteiger partial charge in [-0.2, -0.15) is 0 Å². The smallest absolute Gasteiger partial charge is 0.229 e. The standard InChI is InChI=1S/C18H26O9/c1-23-6-4-5-10-7-11(24-2)17(12(8-10)25-3)27-18-16(22)15(21)14(20)13(9-19)26-18/h4-5,7-8,13-16,18-22H,6,9H2,1-3H3/t13-,14+,15+,16-,18+/m1/s1. The van der Waals surface area contributed by atoms with E-state index in [9.17, 15) is 20.4 Å². The number of aliphatic hydroxyl groups excluding tert-OH is 4. The summed E-state index contributed by atoms with van der Waals surface area (Å²) < 4.78 is 26.7. The van der Waals surface area contributed by atoms with Crippen LogP contribution in [0.1, 0.15) is 5.56 Å². The Morgan fingerprint density at radius 1 is 1.00 bits per heavy atom. The van der Waals surface area contributed by atoms with Gasteiger partial charge in [-0.05, 0) is 17.7 Å². The predicted octanol–water partition coefficient (Wildman–Crippen LogP) is -0.458. The van der Waals surface area contributed by atoms with E-state index in [1.165, 1.54) is 14.2 Å². The number of ether oxygens (including phenoxy) is 5. The average molecular weight is 386 g/mol. The molecule has 1 aromatic carbocycles. The summed E-state index contributed by atoms with van der Waals surface area (Å²) in [5, 5.41) is 39.2. The Hall–Kier alpha value is -1.88. The van der Waals surface area contributed by atoms with Crippen molar-refractivity contribution in [2.24, 2.45) is 0 Å². The summed E-state index contributed by atoms with van der Waals surface area (Å²) in [6.07, 6.45) is -3.37. The number of hydrogen-bond acceptors (Lipinski definition) is 9. The third kappa shape index (κ3) is 4.89. The summed E-state index contributed by atoms with van der Waals surface area (Å²) >= 11 is 0. The molecule has 1 fully saturated rings. The van der Waals surface area contributed by atoms with Crippen LogP contribution in [0.3, 0.4) is 0 Å². The number of aliphatic hydroxyl groups is 4. The maximum absolute atomic E-state index is 10.2. The van der Waals surface area contributed by atoms with Gasteiger partial charge in [0.25, 0.3) is 0 Å². The SMILES string of the molecule is COCC=Cc1cc(OC)c(O[C@@H]2O[C@H](CO)[C@H](O)[C@H](O)[C@H]2O)c(OC)c1. The lowest BCUT2D eigenvalue weighted by Crippen LogP contribution is -2.60. The van der Waals surface area contributed by atoms with E-state index in [-0.39, 0.29) is 5.75 Å². The summed E-state index contributed by atoms with van der Waals surface area (Å²) in [5.74, 6) is 0.764. The Kier molecular flexibility index (Phi) is 7.84. The highest BCUT2D eigenvalue weighted by Crippen LogP contribution is 2.40. The minimum atomic E-state index is -1.55. The molecule has 1 aliphatic heterocycles. The average Bonchev–Trinajstić information content (AvgIpc) is 2.68. The topological polar surface area (TPSA) is 127 Å². The van der Waals surface area contributed by atoms with Crippen molar-refractivity contribution in [1.82, 2.24) is 0 Å². The Bertz CT molecular complexity index is 606. The minimum absolute atomic E-state index is 0.147. The highest BCUT2D eigenvalue weighted by atomic mass is 16.7. The van der Waals surface area contributed by atoms with Crippen molar-refractivity contribution in [2.45, 2.75) is 30.7 Å². The first-order valence-corrected chi connectivity index (χ1v) is 8.35. The molecule has 0 aliphatic carbocycles. The van der Waals surface area contributed by atoms with Gasteiger partial charge in [0, 0.05) is 7.11 Å². The Balaban J connectivity index is 2.31. The normalized spacial score (nSPS) is 28.3. The van der Waals surface area contributed by atoms with Crippen LogP contribution in [0.2, 0.25) is 0 Å². The highest BCUT2D eigenvalue weighted by molar-refractivity contribution is 5.62. The van der Waals surface area contributed by atoms with Crippen molar-refractivity contribution in [3.63, 3.8) is 0 Å². The van der Waals surface area contributed by atoms with E-state index in [4.69, 9.17) is 23.7 Å². The van der Waals surface area contributed by atoms with Gasteiger partial charge in [0.2, 0.25) is 12.0 Å². The van der Waals surface area contributed by atoms with E-state index in [1.54, 1.807) is 19.2 Å². The molecule has 1 aliphatic rings. The second-order valence-electron chi connectivity index (χ2n) is 5.93. The van der Waals surface area contributed by atoms with Gasteiger partial charge in [0.05, 0.1) is 27.4 Å². The predicted molar refractivity (Wildman–Crippen MR) is 94.9 cm³/mol. The third-order valence-electron chi connectivity index (χ3n) is 4.14. The molecule has 4 N–H and O–H groups in total. The Labute approximate surface area is 157 Å². The Morgan fingerprint density at radius 3 is 2.15 bits per heavy atom. The first kappa shape index (κ1) is 21.4. The van der Waals surface area contributed by atoms with Crippen LogP contribution in [0.5, 0.6) is 17.2 Å². The summed E-state index contributed by atoms with van der Waals surface area (Å²) in [4.78, 5) is 0. The molecule has 0 radical (unpaired) electrons. The quantitative estimate of drug-likeness (QED) is 0.469. The summed E-state index contributed by atoms with van der Waals surface area (Å²) in [5.41, 5.74) is 0.766. The largest absolute Gasteiger partial charge is 0.493 e. The first-order valence-electron chi connectivity index (χ1n) is 8.35. The Morgan fingerprint density at radius 2 is 1.63 bits per heavy atom. The second kappa shape index (κ2) is 9.88. The summed E-state index contributed by atoms with van der Waals surface area (Å²) in [7, 11) is 4.47. The van der Waals surface area contributed by atoms with Gasteiger partial charge in [-0.3, -0.25) is 0 Å². The summed E-state index contributed by atoms with van der Waals surface area (Å²) in [6, 6.07) is 3.38. The van der Waals surface area contributed by atoms with Crippen LogP contribution in [-0.4, -0.2) is 85.7 Å². The van der Waals surface area contributed by atoms with Gasteiger partial charge in [0.15, 0.2) is 11.5 Å². The molecule has 0 bridgehead atoms. The van der Waals surface area contributed by atoms with Crippen LogP contribution in [-0.2, 0) is 9.47 Å². The molecular formula is C18H26O9. The molecule has 0 spiro atoms. The van der Waals surface area contributed by atoms with Crippen LogP contribution in [0, 0.1) is 0 Å². The van der Waals surface area contributed by atoms with E-state index in [0.717, 1.165) is 5.56 Å². The van der Waals surface area contributed by atoms with Gasteiger partial charge in [-0.1, -0.05) is 12.2 Å². The zero-order chi connectivity index (χ0) is 20.0. The van der Waals surface area contributed by atoms with Crippen molar-refractivity contribution < 1.29 is 44.1 Å². The zero-order valence-corrected chi connectivity index (χ0v) is 15.4. The molecule has 5 atom stereocenters. The van der Waals surface area contributed by atoms with Crippen molar-refractivity contribution in [3.8, 4) is 17.2 Å². The summed E-state index contributed by atoms with van der Waals surface area (Å²) in [6.45, 7) is -0.115. The van der Waals surface area contributed by atoms with Crippen molar-refractivity contribution in [2.75, 3.05) is 34.5 Å². The molecule has 2 rings (SSSR count). The maximum Gasteiger partial charge on any atom is 0.229 e. The second-order valence-corrected chi connectivity index (χ2v) is 5.93. The van der Waals surface area contributed by atoms with E-state index in [1.807, 2.05) is 12.2 Å². The lowest BCUT2D eigenvalue weighted by molar-refractivity contribution is -0.277. The molecule has 27 heavy (non-hydrogen) atoms. The molecule has 1 saturated heterocycles. The van der Waals surface area contributed by atoms with Crippen LogP contribution >= 0.6 is 0 Å². The third-order valence-corrected chi connectivity index (χ3v) is 4.14. The number of hydrogen-bond donors (Lipinski definition) is 4. The molecule has 0 unspecified atom stereocenters. The van der Waals surface area contributed by atoms with Gasteiger partial charge in [0.1, 0.15) is 24.4 Å². The molecular weight excluding hydrogens is 360 g/mol. The zero-order valence-electron chi connectivity index (χ0n) is 15.4. The van der Waals surface area contributed by atoms with Crippen LogP contribution in [0.25, 0.3) is 6.08 Å². The number of rotatable bonds is 8. The molecule has 9 heteroatoms. The molecule has 152 valence electrons. The fourth-order valence-electron chi connectivity index (χ4n) is 2.67. The van der Waals surface area contributed by atoms with E-state index in [0.29, 0.717) is 18.1 Å². The van der Waals surface area contributed by atoms with Gasteiger partial charge in [-0.25, -0.2) is 0 Å². The molecule has 9 nitrogen and oxygen atoms in total. The number of benzene rings is 1. The maximum atomic E-state index is 10.2. The van der Waals surface area contributed by atoms with Crippen LogP contribution in [0.15, 0.2) is 18.2 Å². The van der Waals surface area contributed by atoms with E-state index in [2.05, 4.69) is 0 Å². The van der Waals surface area contributed by atoms with Crippen molar-refractivity contribution in [1.29, 1.82) is 0 Å².